The molecule has 1 aromatic carbocycles. The Morgan fingerprint density at radius 3 is 3.00 bits per heavy atom. The molecule has 0 saturated heterocycles. The molecule has 0 saturated carbocycles. The molecule has 2 aromatic rings. The maximum Gasteiger partial charge on any atom is 0.223 e. The molecule has 0 amide bonds. The Hall–Kier alpha value is -1.68. The number of ether oxygens (including phenoxy) is 1. The highest BCUT2D eigenvalue weighted by Gasteiger charge is 2.05. The van der Waals surface area contributed by atoms with Crippen LogP contribution in [-0.2, 0) is 4.74 Å². The summed E-state index contributed by atoms with van der Waals surface area (Å²) in [7, 11) is 0. The van der Waals surface area contributed by atoms with Crippen molar-refractivity contribution in [3.05, 3.63) is 41.3 Å². The number of rotatable bonds is 3. The minimum Gasteiger partial charge on any atom is -0.501 e. The van der Waals surface area contributed by atoms with E-state index in [9.17, 15) is 4.39 Å². The van der Waals surface area contributed by atoms with Crippen molar-refractivity contribution in [2.45, 2.75) is 6.92 Å². The summed E-state index contributed by atoms with van der Waals surface area (Å²) in [5, 5.41) is 0.811. The van der Waals surface area contributed by atoms with Crippen LogP contribution in [0.1, 0.15) is 12.6 Å². The molecule has 1 aromatic heterocycles. The summed E-state index contributed by atoms with van der Waals surface area (Å²) in [6.45, 7) is 2.45. The normalized spacial score (nSPS) is 11.2. The van der Waals surface area contributed by atoms with Crippen LogP contribution < -0.4 is 0 Å². The minimum absolute atomic E-state index is 0.0826. The molecule has 0 fully saturated rings. The van der Waals surface area contributed by atoms with Crippen molar-refractivity contribution >= 4 is 28.6 Å². The predicted molar refractivity (Wildman–Crippen MR) is 65.2 cm³/mol. The van der Waals surface area contributed by atoms with Gasteiger partial charge < -0.3 is 4.74 Å². The third-order valence-corrected chi connectivity index (χ3v) is 2.32. The van der Waals surface area contributed by atoms with Crippen molar-refractivity contribution < 1.29 is 9.13 Å². The van der Waals surface area contributed by atoms with Gasteiger partial charge in [0.15, 0.2) is 0 Å². The summed E-state index contributed by atoms with van der Waals surface area (Å²) in [5.41, 5.74) is 1.08. The molecule has 5 heteroatoms. The standard InChI is InChI=1S/C12H10ClFN2O/c1-2-17-6-5-10-9-4-3-8(14)7-11(9)16-12(13)15-10/h3-7H,2H2,1H3. The molecule has 0 radical (unpaired) electrons. The zero-order valence-corrected chi connectivity index (χ0v) is 9.91. The molecule has 0 aliphatic heterocycles. The first-order valence-corrected chi connectivity index (χ1v) is 5.49. The zero-order chi connectivity index (χ0) is 12.3. The zero-order valence-electron chi connectivity index (χ0n) is 9.15. The Labute approximate surface area is 103 Å². The molecule has 0 aliphatic carbocycles. The van der Waals surface area contributed by atoms with Crippen molar-refractivity contribution in [2.24, 2.45) is 0 Å². The van der Waals surface area contributed by atoms with Gasteiger partial charge in [0.2, 0.25) is 5.28 Å². The lowest BCUT2D eigenvalue weighted by Crippen LogP contribution is -1.91. The summed E-state index contributed by atoms with van der Waals surface area (Å²) in [6, 6.07) is 4.30. The molecule has 0 bridgehead atoms. The molecule has 0 unspecified atom stereocenters. The van der Waals surface area contributed by atoms with Crippen LogP contribution in [0.3, 0.4) is 0 Å². The monoisotopic (exact) mass is 252 g/mol. The van der Waals surface area contributed by atoms with E-state index >= 15 is 0 Å². The highest BCUT2D eigenvalue weighted by Crippen LogP contribution is 2.20. The van der Waals surface area contributed by atoms with Crippen molar-refractivity contribution in [1.29, 1.82) is 0 Å². The summed E-state index contributed by atoms with van der Waals surface area (Å²) in [6.07, 6.45) is 3.21. The number of fused-ring (bicyclic) bond motifs is 1. The SMILES string of the molecule is CCOC=Cc1nc(Cl)nc2cc(F)ccc12. The van der Waals surface area contributed by atoms with E-state index in [1.54, 1.807) is 12.1 Å². The van der Waals surface area contributed by atoms with Crippen molar-refractivity contribution in [3.8, 4) is 0 Å². The smallest absolute Gasteiger partial charge is 0.223 e. The van der Waals surface area contributed by atoms with E-state index in [1.807, 2.05) is 6.92 Å². The highest BCUT2D eigenvalue weighted by atomic mass is 35.5. The fraction of sp³-hybridized carbons (Fsp3) is 0.167. The van der Waals surface area contributed by atoms with Gasteiger partial charge in [0, 0.05) is 11.5 Å². The van der Waals surface area contributed by atoms with E-state index in [2.05, 4.69) is 9.97 Å². The summed E-state index contributed by atoms with van der Waals surface area (Å²) in [4.78, 5) is 8.03. The largest absolute Gasteiger partial charge is 0.501 e. The van der Waals surface area contributed by atoms with E-state index in [1.165, 1.54) is 18.4 Å². The first-order chi connectivity index (χ1) is 8.20. The summed E-state index contributed by atoms with van der Waals surface area (Å²) >= 11 is 5.77. The molecule has 2 rings (SSSR count). The van der Waals surface area contributed by atoms with Crippen LogP contribution in [-0.4, -0.2) is 16.6 Å². The molecule has 0 aliphatic rings. The Morgan fingerprint density at radius 2 is 2.24 bits per heavy atom. The Balaban J connectivity index is 2.54. The van der Waals surface area contributed by atoms with E-state index in [4.69, 9.17) is 16.3 Å². The van der Waals surface area contributed by atoms with Gasteiger partial charge in [-0.2, -0.15) is 0 Å². The minimum atomic E-state index is -0.355. The Kier molecular flexibility index (Phi) is 3.54. The second-order valence-electron chi connectivity index (χ2n) is 3.30. The fourth-order valence-corrected chi connectivity index (χ4v) is 1.62. The van der Waals surface area contributed by atoms with Crippen LogP contribution in [0.25, 0.3) is 17.0 Å². The van der Waals surface area contributed by atoms with Gasteiger partial charge in [-0.15, -0.1) is 0 Å². The topological polar surface area (TPSA) is 35.0 Å². The number of halogens is 2. The molecule has 0 spiro atoms. The van der Waals surface area contributed by atoms with Crippen LogP contribution in [0, 0.1) is 5.82 Å². The summed E-state index contributed by atoms with van der Waals surface area (Å²) in [5.74, 6) is -0.355. The average Bonchev–Trinajstić information content (AvgIpc) is 2.28. The quantitative estimate of drug-likeness (QED) is 0.620. The lowest BCUT2D eigenvalue weighted by atomic mass is 10.2. The van der Waals surface area contributed by atoms with Crippen LogP contribution >= 0.6 is 11.6 Å². The van der Waals surface area contributed by atoms with Crippen molar-refractivity contribution in [2.75, 3.05) is 6.61 Å². The van der Waals surface area contributed by atoms with Gasteiger partial charge in [0.25, 0.3) is 0 Å². The van der Waals surface area contributed by atoms with Crippen LogP contribution in [0.5, 0.6) is 0 Å². The molecule has 3 nitrogen and oxygen atoms in total. The van der Waals surface area contributed by atoms with E-state index in [-0.39, 0.29) is 11.1 Å². The van der Waals surface area contributed by atoms with Gasteiger partial charge in [0.05, 0.1) is 24.1 Å². The molecular formula is C12H10ClFN2O. The number of hydrogen-bond donors (Lipinski definition) is 0. The average molecular weight is 253 g/mol. The molecule has 0 atom stereocenters. The van der Waals surface area contributed by atoms with E-state index in [0.29, 0.717) is 17.8 Å². The second-order valence-corrected chi connectivity index (χ2v) is 3.64. The molecule has 88 valence electrons. The maximum atomic E-state index is 13.1. The lowest BCUT2D eigenvalue weighted by Gasteiger charge is -2.02. The Bertz CT molecular complexity index is 566. The van der Waals surface area contributed by atoms with Gasteiger partial charge in [-0.3, -0.25) is 0 Å². The predicted octanol–water partition coefficient (Wildman–Crippen LogP) is 3.43. The van der Waals surface area contributed by atoms with Crippen molar-refractivity contribution in [3.63, 3.8) is 0 Å². The van der Waals surface area contributed by atoms with E-state index < -0.39 is 0 Å². The number of aromatic nitrogens is 2. The summed E-state index contributed by atoms with van der Waals surface area (Å²) < 4.78 is 18.2. The van der Waals surface area contributed by atoms with Crippen molar-refractivity contribution in [1.82, 2.24) is 9.97 Å². The third-order valence-electron chi connectivity index (χ3n) is 2.15. The van der Waals surface area contributed by atoms with Crippen LogP contribution in [0.4, 0.5) is 4.39 Å². The highest BCUT2D eigenvalue weighted by molar-refractivity contribution is 6.28. The molecule has 0 N–H and O–H groups in total. The molecular weight excluding hydrogens is 243 g/mol. The van der Waals surface area contributed by atoms with Gasteiger partial charge in [-0.05, 0) is 36.7 Å². The van der Waals surface area contributed by atoms with E-state index in [0.717, 1.165) is 5.39 Å². The molecule has 17 heavy (non-hydrogen) atoms. The fourth-order valence-electron chi connectivity index (χ4n) is 1.43. The van der Waals surface area contributed by atoms with Gasteiger partial charge >= 0.3 is 0 Å². The van der Waals surface area contributed by atoms with Gasteiger partial charge in [-0.25, -0.2) is 14.4 Å². The van der Waals surface area contributed by atoms with Gasteiger partial charge in [-0.1, -0.05) is 0 Å². The van der Waals surface area contributed by atoms with Crippen LogP contribution in [0.15, 0.2) is 24.5 Å². The second kappa shape index (κ2) is 5.10. The first-order valence-electron chi connectivity index (χ1n) is 5.11. The first kappa shape index (κ1) is 11.8. The number of hydrogen-bond acceptors (Lipinski definition) is 3. The number of benzene rings is 1. The maximum absolute atomic E-state index is 13.1. The molecule has 1 heterocycles. The third kappa shape index (κ3) is 2.71. The van der Waals surface area contributed by atoms with Crippen LogP contribution in [0.2, 0.25) is 5.28 Å². The lowest BCUT2D eigenvalue weighted by molar-refractivity contribution is 0.272. The Morgan fingerprint density at radius 1 is 1.41 bits per heavy atom. The number of nitrogens with zero attached hydrogens (tertiary/aromatic N) is 2. The van der Waals surface area contributed by atoms with Gasteiger partial charge in [0.1, 0.15) is 5.82 Å².